The molecule has 162 valence electrons. The molecule has 0 aliphatic carbocycles. The molecule has 2 heterocycles. The fourth-order valence-corrected chi connectivity index (χ4v) is 3.08. The standard InChI is InChI=1S/C22H17F2N5O3/c1-13-8-14(2-7-21(13)32-16-4-6-20(25-11-16)18(24)10-23)28-22-17-9-15(29(30)31)3-5-19(17)26-12-27-22/h2-9,11-12,18H,10H2,1H3,(H,26,27,28)/t18-/m0/s1. The molecule has 2 aromatic heterocycles. The van der Waals surface area contributed by atoms with Crippen molar-refractivity contribution in [2.45, 2.75) is 13.1 Å². The number of pyridine rings is 1. The van der Waals surface area contributed by atoms with E-state index in [0.717, 1.165) is 5.56 Å². The highest BCUT2D eigenvalue weighted by Gasteiger charge is 2.13. The molecule has 0 saturated heterocycles. The Morgan fingerprint density at radius 1 is 1.12 bits per heavy atom. The molecule has 0 bridgehead atoms. The summed E-state index contributed by atoms with van der Waals surface area (Å²) < 4.78 is 31.5. The van der Waals surface area contributed by atoms with Crippen molar-refractivity contribution in [1.29, 1.82) is 0 Å². The summed E-state index contributed by atoms with van der Waals surface area (Å²) in [6.07, 6.45) is 0.960. The lowest BCUT2D eigenvalue weighted by Gasteiger charge is -2.12. The summed E-state index contributed by atoms with van der Waals surface area (Å²) in [6, 6.07) is 12.6. The number of aryl methyl sites for hydroxylation is 1. The Bertz CT molecular complexity index is 1280. The van der Waals surface area contributed by atoms with Crippen LogP contribution in [0.4, 0.5) is 26.0 Å². The Balaban J connectivity index is 1.55. The van der Waals surface area contributed by atoms with Crippen LogP contribution < -0.4 is 10.1 Å². The van der Waals surface area contributed by atoms with Gasteiger partial charge in [0.2, 0.25) is 0 Å². The van der Waals surface area contributed by atoms with Crippen molar-refractivity contribution >= 4 is 28.1 Å². The molecule has 0 aliphatic rings. The number of nitrogens with one attached hydrogen (secondary N) is 1. The number of nitro groups is 1. The van der Waals surface area contributed by atoms with Gasteiger partial charge < -0.3 is 10.1 Å². The van der Waals surface area contributed by atoms with E-state index in [1.54, 1.807) is 18.2 Å². The first-order valence-corrected chi connectivity index (χ1v) is 9.55. The number of ether oxygens (including phenoxy) is 1. The maximum Gasteiger partial charge on any atom is 0.270 e. The van der Waals surface area contributed by atoms with Gasteiger partial charge in [-0.1, -0.05) is 0 Å². The maximum absolute atomic E-state index is 13.3. The monoisotopic (exact) mass is 437 g/mol. The molecular formula is C22H17F2N5O3. The fourth-order valence-electron chi connectivity index (χ4n) is 3.08. The van der Waals surface area contributed by atoms with Crippen molar-refractivity contribution in [2.75, 3.05) is 12.0 Å². The van der Waals surface area contributed by atoms with E-state index in [1.165, 1.54) is 36.8 Å². The van der Waals surface area contributed by atoms with Gasteiger partial charge in [-0.15, -0.1) is 0 Å². The molecule has 10 heteroatoms. The molecule has 4 rings (SSSR count). The van der Waals surface area contributed by atoms with E-state index in [4.69, 9.17) is 4.74 Å². The number of anilines is 2. The zero-order chi connectivity index (χ0) is 22.7. The maximum atomic E-state index is 13.3. The van der Waals surface area contributed by atoms with E-state index in [-0.39, 0.29) is 11.4 Å². The van der Waals surface area contributed by atoms with Crippen molar-refractivity contribution in [3.05, 3.63) is 82.4 Å². The first-order valence-electron chi connectivity index (χ1n) is 9.55. The van der Waals surface area contributed by atoms with Crippen LogP contribution in [-0.2, 0) is 0 Å². The SMILES string of the molecule is Cc1cc(Nc2ncnc3ccc([N+](=O)[O-])cc23)ccc1Oc1ccc([C@@H](F)CF)nc1. The molecule has 0 amide bonds. The Morgan fingerprint density at radius 3 is 2.66 bits per heavy atom. The number of hydrogen-bond acceptors (Lipinski definition) is 7. The quantitative estimate of drug-likeness (QED) is 0.290. The third kappa shape index (κ3) is 4.43. The zero-order valence-electron chi connectivity index (χ0n) is 16.8. The summed E-state index contributed by atoms with van der Waals surface area (Å²) in [5.41, 5.74) is 2.01. The lowest BCUT2D eigenvalue weighted by molar-refractivity contribution is -0.384. The second-order valence-corrected chi connectivity index (χ2v) is 6.93. The van der Waals surface area contributed by atoms with Gasteiger partial charge in [-0.25, -0.2) is 18.7 Å². The lowest BCUT2D eigenvalue weighted by atomic mass is 10.1. The third-order valence-electron chi connectivity index (χ3n) is 4.71. The van der Waals surface area contributed by atoms with Gasteiger partial charge in [0.25, 0.3) is 5.69 Å². The molecule has 2 aromatic carbocycles. The minimum absolute atomic E-state index is 0.00781. The first-order chi connectivity index (χ1) is 15.4. The molecule has 1 atom stereocenters. The number of alkyl halides is 2. The summed E-state index contributed by atoms with van der Waals surface area (Å²) in [6.45, 7) is 0.710. The number of benzene rings is 2. The summed E-state index contributed by atoms with van der Waals surface area (Å²) >= 11 is 0. The molecule has 0 unspecified atom stereocenters. The third-order valence-corrected chi connectivity index (χ3v) is 4.71. The zero-order valence-corrected chi connectivity index (χ0v) is 16.8. The van der Waals surface area contributed by atoms with Crippen molar-refractivity contribution in [3.63, 3.8) is 0 Å². The van der Waals surface area contributed by atoms with E-state index in [1.807, 2.05) is 13.0 Å². The highest BCUT2D eigenvalue weighted by atomic mass is 19.2. The van der Waals surface area contributed by atoms with Crippen LogP contribution >= 0.6 is 0 Å². The van der Waals surface area contributed by atoms with E-state index < -0.39 is 17.8 Å². The van der Waals surface area contributed by atoms with Crippen LogP contribution in [0.5, 0.6) is 11.5 Å². The minimum Gasteiger partial charge on any atom is -0.455 e. The van der Waals surface area contributed by atoms with Gasteiger partial charge in [0.15, 0.2) is 6.17 Å². The van der Waals surface area contributed by atoms with Gasteiger partial charge in [-0.05, 0) is 48.9 Å². The number of aromatic nitrogens is 3. The van der Waals surface area contributed by atoms with Crippen LogP contribution in [0.25, 0.3) is 10.9 Å². The predicted octanol–water partition coefficient (Wildman–Crippen LogP) is 5.76. The number of nitro benzene ring substituents is 1. The average molecular weight is 437 g/mol. The molecule has 1 N–H and O–H groups in total. The van der Waals surface area contributed by atoms with Gasteiger partial charge in [-0.2, -0.15) is 0 Å². The number of halogens is 2. The Labute approximate surface area is 181 Å². The van der Waals surface area contributed by atoms with E-state index in [2.05, 4.69) is 20.3 Å². The molecule has 8 nitrogen and oxygen atoms in total. The first kappa shape index (κ1) is 21.0. The van der Waals surface area contributed by atoms with Crippen molar-refractivity contribution in [2.24, 2.45) is 0 Å². The van der Waals surface area contributed by atoms with Crippen molar-refractivity contribution in [1.82, 2.24) is 15.0 Å². The summed E-state index contributed by atoms with van der Waals surface area (Å²) in [5.74, 6) is 1.37. The molecule has 0 fully saturated rings. The van der Waals surface area contributed by atoms with Crippen LogP contribution in [0.15, 0.2) is 61.1 Å². The molecule has 4 aromatic rings. The van der Waals surface area contributed by atoms with Gasteiger partial charge in [0.1, 0.15) is 30.3 Å². The highest BCUT2D eigenvalue weighted by Crippen LogP contribution is 2.31. The lowest BCUT2D eigenvalue weighted by Crippen LogP contribution is -1.99. The molecule has 0 aliphatic heterocycles. The van der Waals surface area contributed by atoms with Gasteiger partial charge in [0.05, 0.1) is 22.3 Å². The predicted molar refractivity (Wildman–Crippen MR) is 115 cm³/mol. The second-order valence-electron chi connectivity index (χ2n) is 6.93. The van der Waals surface area contributed by atoms with Crippen molar-refractivity contribution < 1.29 is 18.4 Å². The highest BCUT2D eigenvalue weighted by molar-refractivity contribution is 5.92. The molecule has 0 spiro atoms. The van der Waals surface area contributed by atoms with Gasteiger partial charge >= 0.3 is 0 Å². The summed E-state index contributed by atoms with van der Waals surface area (Å²) in [5, 5.41) is 14.8. The Hall–Kier alpha value is -4.21. The van der Waals surface area contributed by atoms with Crippen LogP contribution in [0, 0.1) is 17.0 Å². The summed E-state index contributed by atoms with van der Waals surface area (Å²) in [7, 11) is 0. The smallest absolute Gasteiger partial charge is 0.270 e. The second kappa shape index (κ2) is 8.88. The molecular weight excluding hydrogens is 420 g/mol. The van der Waals surface area contributed by atoms with Gasteiger partial charge in [0, 0.05) is 23.2 Å². The molecule has 32 heavy (non-hydrogen) atoms. The minimum atomic E-state index is -1.75. The van der Waals surface area contributed by atoms with Crippen LogP contribution in [-0.4, -0.2) is 26.5 Å². The number of rotatable bonds is 7. The normalized spacial score (nSPS) is 11.8. The van der Waals surface area contributed by atoms with E-state index in [0.29, 0.717) is 33.9 Å². The van der Waals surface area contributed by atoms with Crippen LogP contribution in [0.3, 0.4) is 0 Å². The largest absolute Gasteiger partial charge is 0.455 e. The van der Waals surface area contributed by atoms with Gasteiger partial charge in [-0.3, -0.25) is 15.1 Å². The Kier molecular flexibility index (Phi) is 5.84. The molecule has 0 saturated carbocycles. The number of non-ortho nitro benzene ring substituents is 1. The number of nitrogens with zero attached hydrogens (tertiary/aromatic N) is 4. The summed E-state index contributed by atoms with van der Waals surface area (Å²) in [4.78, 5) is 22.9. The Morgan fingerprint density at radius 2 is 1.97 bits per heavy atom. The van der Waals surface area contributed by atoms with E-state index >= 15 is 0 Å². The van der Waals surface area contributed by atoms with Crippen LogP contribution in [0.1, 0.15) is 17.4 Å². The van der Waals surface area contributed by atoms with E-state index in [9.17, 15) is 18.9 Å². The molecule has 0 radical (unpaired) electrons. The topological polar surface area (TPSA) is 103 Å². The fraction of sp³-hybridized carbons (Fsp3) is 0.136. The number of fused-ring (bicyclic) bond motifs is 1. The van der Waals surface area contributed by atoms with Crippen molar-refractivity contribution in [3.8, 4) is 11.5 Å². The van der Waals surface area contributed by atoms with Crippen LogP contribution in [0.2, 0.25) is 0 Å². The average Bonchev–Trinajstić information content (AvgIpc) is 2.80. The number of hydrogen-bond donors (Lipinski definition) is 1.